The SMILES string of the molecule is CC1CN(c2ccc(Br)cc2)CC(CCC(=O)O)N1. The molecule has 1 saturated heterocycles. The minimum atomic E-state index is -0.727. The van der Waals surface area contributed by atoms with E-state index in [0.717, 1.165) is 17.6 Å². The van der Waals surface area contributed by atoms with E-state index in [4.69, 9.17) is 5.11 Å². The average Bonchev–Trinajstić information content (AvgIpc) is 2.36. The summed E-state index contributed by atoms with van der Waals surface area (Å²) >= 11 is 3.44. The quantitative estimate of drug-likeness (QED) is 0.892. The Morgan fingerprint density at radius 3 is 2.74 bits per heavy atom. The first-order chi connectivity index (χ1) is 9.04. The van der Waals surface area contributed by atoms with Crippen LogP contribution in [0.2, 0.25) is 0 Å². The number of carboxylic acids is 1. The van der Waals surface area contributed by atoms with Gasteiger partial charge in [-0.3, -0.25) is 4.79 Å². The van der Waals surface area contributed by atoms with Gasteiger partial charge in [0, 0.05) is 41.8 Å². The van der Waals surface area contributed by atoms with Gasteiger partial charge in [0.2, 0.25) is 0 Å². The number of halogens is 1. The van der Waals surface area contributed by atoms with Crippen molar-refractivity contribution in [3.05, 3.63) is 28.7 Å². The Kier molecular flexibility index (Phi) is 4.82. The largest absolute Gasteiger partial charge is 0.481 e. The van der Waals surface area contributed by atoms with Crippen molar-refractivity contribution in [2.75, 3.05) is 18.0 Å². The summed E-state index contributed by atoms with van der Waals surface area (Å²) in [5, 5.41) is 12.2. The van der Waals surface area contributed by atoms with Crippen LogP contribution in [0.15, 0.2) is 28.7 Å². The molecule has 0 radical (unpaired) electrons. The summed E-state index contributed by atoms with van der Waals surface area (Å²) in [5.74, 6) is -0.727. The van der Waals surface area contributed by atoms with Crippen LogP contribution in [0.1, 0.15) is 19.8 Å². The molecule has 1 fully saturated rings. The molecule has 4 nitrogen and oxygen atoms in total. The van der Waals surface area contributed by atoms with Crippen molar-refractivity contribution in [3.63, 3.8) is 0 Å². The number of rotatable bonds is 4. The smallest absolute Gasteiger partial charge is 0.303 e. The molecule has 0 spiro atoms. The van der Waals surface area contributed by atoms with Crippen LogP contribution in [0.5, 0.6) is 0 Å². The molecule has 1 heterocycles. The normalized spacial score (nSPS) is 23.4. The first kappa shape index (κ1) is 14.3. The lowest BCUT2D eigenvalue weighted by molar-refractivity contribution is -0.137. The van der Waals surface area contributed by atoms with E-state index in [1.54, 1.807) is 0 Å². The monoisotopic (exact) mass is 326 g/mol. The number of benzene rings is 1. The number of hydrogen-bond donors (Lipinski definition) is 2. The topological polar surface area (TPSA) is 52.6 Å². The zero-order chi connectivity index (χ0) is 13.8. The van der Waals surface area contributed by atoms with Crippen LogP contribution in [0, 0.1) is 0 Å². The molecule has 0 bridgehead atoms. The third-order valence-electron chi connectivity index (χ3n) is 3.35. The van der Waals surface area contributed by atoms with E-state index in [1.165, 1.54) is 5.69 Å². The Morgan fingerprint density at radius 1 is 1.42 bits per heavy atom. The maximum Gasteiger partial charge on any atom is 0.303 e. The molecule has 2 unspecified atom stereocenters. The Balaban J connectivity index is 2.00. The zero-order valence-corrected chi connectivity index (χ0v) is 12.6. The second-order valence-electron chi connectivity index (χ2n) is 5.08. The molecule has 0 amide bonds. The fraction of sp³-hybridized carbons (Fsp3) is 0.500. The molecule has 2 atom stereocenters. The maximum atomic E-state index is 10.7. The summed E-state index contributed by atoms with van der Waals surface area (Å²) in [7, 11) is 0. The summed E-state index contributed by atoms with van der Waals surface area (Å²) < 4.78 is 1.07. The third kappa shape index (κ3) is 4.21. The predicted molar refractivity (Wildman–Crippen MR) is 79.6 cm³/mol. The molecule has 19 heavy (non-hydrogen) atoms. The highest BCUT2D eigenvalue weighted by Crippen LogP contribution is 2.21. The summed E-state index contributed by atoms with van der Waals surface area (Å²) in [5.41, 5.74) is 1.19. The van der Waals surface area contributed by atoms with Crippen molar-refractivity contribution in [3.8, 4) is 0 Å². The van der Waals surface area contributed by atoms with Crippen molar-refractivity contribution < 1.29 is 9.90 Å². The van der Waals surface area contributed by atoms with Crippen LogP contribution < -0.4 is 10.2 Å². The molecule has 0 saturated carbocycles. The van der Waals surface area contributed by atoms with Crippen LogP contribution in [-0.4, -0.2) is 36.2 Å². The van der Waals surface area contributed by atoms with Gasteiger partial charge >= 0.3 is 5.97 Å². The van der Waals surface area contributed by atoms with E-state index in [0.29, 0.717) is 12.5 Å². The van der Waals surface area contributed by atoms with Gasteiger partial charge < -0.3 is 15.3 Å². The number of hydrogen-bond acceptors (Lipinski definition) is 3. The van der Waals surface area contributed by atoms with Gasteiger partial charge in [-0.25, -0.2) is 0 Å². The first-order valence-corrected chi connectivity index (χ1v) is 7.32. The molecule has 104 valence electrons. The van der Waals surface area contributed by atoms with E-state index < -0.39 is 5.97 Å². The second-order valence-corrected chi connectivity index (χ2v) is 5.99. The molecular weight excluding hydrogens is 308 g/mol. The second kappa shape index (κ2) is 6.39. The molecule has 1 aliphatic rings. The van der Waals surface area contributed by atoms with E-state index >= 15 is 0 Å². The molecule has 1 aliphatic heterocycles. The van der Waals surface area contributed by atoms with Gasteiger partial charge in [0.05, 0.1) is 0 Å². The van der Waals surface area contributed by atoms with Gasteiger partial charge in [0.15, 0.2) is 0 Å². The number of carbonyl (C=O) groups is 1. The van der Waals surface area contributed by atoms with Gasteiger partial charge in [0.1, 0.15) is 0 Å². The van der Waals surface area contributed by atoms with Gasteiger partial charge in [-0.2, -0.15) is 0 Å². The summed E-state index contributed by atoms with van der Waals surface area (Å²) in [6.45, 7) is 3.95. The fourth-order valence-electron chi connectivity index (χ4n) is 2.51. The highest BCUT2D eigenvalue weighted by atomic mass is 79.9. The van der Waals surface area contributed by atoms with Crippen LogP contribution in [0.3, 0.4) is 0 Å². The molecule has 1 aromatic carbocycles. The molecule has 5 heteroatoms. The highest BCUT2D eigenvalue weighted by Gasteiger charge is 2.24. The number of piperazine rings is 1. The molecule has 2 rings (SSSR count). The Hall–Kier alpha value is -1.07. The average molecular weight is 327 g/mol. The fourth-order valence-corrected chi connectivity index (χ4v) is 2.78. The first-order valence-electron chi connectivity index (χ1n) is 6.53. The van der Waals surface area contributed by atoms with Gasteiger partial charge in [-0.05, 0) is 37.6 Å². The number of nitrogens with zero attached hydrogens (tertiary/aromatic N) is 1. The minimum absolute atomic E-state index is 0.221. The van der Waals surface area contributed by atoms with Crippen molar-refractivity contribution in [1.29, 1.82) is 0 Å². The molecule has 0 aromatic heterocycles. The minimum Gasteiger partial charge on any atom is -0.481 e. The Labute approximate surface area is 121 Å². The lowest BCUT2D eigenvalue weighted by Gasteiger charge is -2.39. The number of carboxylic acid groups (broad SMARTS) is 1. The molecule has 0 aliphatic carbocycles. The summed E-state index contributed by atoms with van der Waals surface area (Å²) in [6, 6.07) is 8.87. The Bertz CT molecular complexity index is 436. The Morgan fingerprint density at radius 2 is 2.11 bits per heavy atom. The molecular formula is C14H19BrN2O2. The van der Waals surface area contributed by atoms with Crippen molar-refractivity contribution in [1.82, 2.24) is 5.32 Å². The zero-order valence-electron chi connectivity index (χ0n) is 11.0. The van der Waals surface area contributed by atoms with Crippen molar-refractivity contribution >= 4 is 27.6 Å². The van der Waals surface area contributed by atoms with Crippen LogP contribution in [0.25, 0.3) is 0 Å². The lowest BCUT2D eigenvalue weighted by atomic mass is 10.0. The van der Waals surface area contributed by atoms with Crippen molar-refractivity contribution in [2.24, 2.45) is 0 Å². The highest BCUT2D eigenvalue weighted by molar-refractivity contribution is 9.10. The van der Waals surface area contributed by atoms with Crippen molar-refractivity contribution in [2.45, 2.75) is 31.8 Å². The standard InChI is InChI=1S/C14H19BrN2O2/c1-10-8-17(13-5-2-11(15)3-6-13)9-12(16-10)4-7-14(18)19/h2-3,5-6,10,12,16H,4,7-9H2,1H3,(H,18,19). The van der Waals surface area contributed by atoms with E-state index in [1.807, 2.05) is 12.1 Å². The molecule has 1 aromatic rings. The summed E-state index contributed by atoms with van der Waals surface area (Å²) in [6.07, 6.45) is 0.894. The van der Waals surface area contributed by atoms with Crippen LogP contribution in [0.4, 0.5) is 5.69 Å². The van der Waals surface area contributed by atoms with Crippen LogP contribution in [-0.2, 0) is 4.79 Å². The van der Waals surface area contributed by atoms with Gasteiger partial charge in [-0.15, -0.1) is 0 Å². The predicted octanol–water partition coefficient (Wildman–Crippen LogP) is 2.48. The van der Waals surface area contributed by atoms with Crippen LogP contribution >= 0.6 is 15.9 Å². The third-order valence-corrected chi connectivity index (χ3v) is 3.88. The van der Waals surface area contributed by atoms with Gasteiger partial charge in [0.25, 0.3) is 0 Å². The lowest BCUT2D eigenvalue weighted by Crippen LogP contribution is -2.55. The summed E-state index contributed by atoms with van der Waals surface area (Å²) in [4.78, 5) is 13.0. The van der Waals surface area contributed by atoms with E-state index in [-0.39, 0.29) is 12.5 Å². The van der Waals surface area contributed by atoms with Gasteiger partial charge in [-0.1, -0.05) is 15.9 Å². The number of nitrogens with one attached hydrogen (secondary N) is 1. The molecule has 2 N–H and O–H groups in total. The van der Waals surface area contributed by atoms with E-state index in [9.17, 15) is 4.79 Å². The maximum absolute atomic E-state index is 10.7. The van der Waals surface area contributed by atoms with E-state index in [2.05, 4.69) is 45.2 Å². The number of anilines is 1. The number of aliphatic carboxylic acids is 1.